The Kier molecular flexibility index (Phi) is 63.3. The van der Waals surface area contributed by atoms with Crippen LogP contribution < -0.4 is 0 Å². The molecule has 0 aromatic rings. The first kappa shape index (κ1) is 75.1. The number of carbonyl (C=O) groups excluding carboxylic acids is 3. The lowest BCUT2D eigenvalue weighted by molar-refractivity contribution is -0.167. The number of esters is 3. The van der Waals surface area contributed by atoms with Gasteiger partial charge in [0.2, 0.25) is 0 Å². The Morgan fingerprint density at radius 2 is 0.494 bits per heavy atom. The molecule has 0 aromatic heterocycles. The summed E-state index contributed by atoms with van der Waals surface area (Å²) in [7, 11) is 0. The van der Waals surface area contributed by atoms with Gasteiger partial charge in [-0.15, -0.1) is 0 Å². The van der Waals surface area contributed by atoms with Crippen LogP contribution in [0, 0.1) is 0 Å². The normalized spacial score (nSPS) is 12.8. The maximum Gasteiger partial charge on any atom is 0.306 e. The van der Waals surface area contributed by atoms with Crippen LogP contribution in [0.2, 0.25) is 0 Å². The number of carbonyl (C=O) groups is 3. The van der Waals surface area contributed by atoms with Gasteiger partial charge in [-0.2, -0.15) is 0 Å². The molecule has 0 N–H and O–H groups in total. The van der Waals surface area contributed by atoms with Crippen molar-refractivity contribution in [2.24, 2.45) is 0 Å². The fraction of sp³-hybridized carbons (Fsp3) is 0.712. The maximum absolute atomic E-state index is 12.9. The smallest absolute Gasteiger partial charge is 0.306 e. The van der Waals surface area contributed by atoms with Crippen molar-refractivity contribution in [1.82, 2.24) is 0 Å². The molecule has 79 heavy (non-hydrogen) atoms. The zero-order valence-corrected chi connectivity index (χ0v) is 51.9. The van der Waals surface area contributed by atoms with Crippen LogP contribution in [0.1, 0.15) is 316 Å². The van der Waals surface area contributed by atoms with E-state index < -0.39 is 6.10 Å². The number of unbranched alkanes of at least 4 members (excludes halogenated alkanes) is 31. The van der Waals surface area contributed by atoms with Gasteiger partial charge >= 0.3 is 17.9 Å². The number of ether oxygens (including phenoxy) is 3. The highest BCUT2D eigenvalue weighted by Crippen LogP contribution is 2.16. The van der Waals surface area contributed by atoms with Crippen molar-refractivity contribution in [2.45, 2.75) is 322 Å². The minimum atomic E-state index is -0.800. The highest BCUT2D eigenvalue weighted by atomic mass is 16.6. The fourth-order valence-electron chi connectivity index (χ4n) is 9.28. The van der Waals surface area contributed by atoms with Gasteiger partial charge in [0.25, 0.3) is 0 Å². The average Bonchev–Trinajstić information content (AvgIpc) is 3.45. The first-order valence-corrected chi connectivity index (χ1v) is 33.4. The molecule has 0 radical (unpaired) electrons. The highest BCUT2D eigenvalue weighted by molar-refractivity contribution is 5.71. The van der Waals surface area contributed by atoms with Crippen molar-refractivity contribution in [1.29, 1.82) is 0 Å². The molecule has 0 aromatic carbocycles. The van der Waals surface area contributed by atoms with Gasteiger partial charge in [0, 0.05) is 19.3 Å². The number of hydrogen-bond donors (Lipinski definition) is 0. The van der Waals surface area contributed by atoms with E-state index in [1.54, 1.807) is 0 Å². The van der Waals surface area contributed by atoms with Gasteiger partial charge in [-0.1, -0.05) is 297 Å². The third-order valence-corrected chi connectivity index (χ3v) is 14.3. The quantitative estimate of drug-likeness (QED) is 0.0261. The largest absolute Gasteiger partial charge is 0.462 e. The van der Waals surface area contributed by atoms with Crippen molar-refractivity contribution in [3.8, 4) is 0 Å². The van der Waals surface area contributed by atoms with E-state index >= 15 is 0 Å². The van der Waals surface area contributed by atoms with Crippen LogP contribution >= 0.6 is 0 Å². The van der Waals surface area contributed by atoms with Gasteiger partial charge in [-0.25, -0.2) is 0 Å². The third kappa shape index (κ3) is 64.8. The molecule has 0 fully saturated rings. The van der Waals surface area contributed by atoms with E-state index in [1.807, 2.05) is 0 Å². The molecule has 1 atom stereocenters. The first-order chi connectivity index (χ1) is 39.0. The molecule has 0 aliphatic rings. The summed E-state index contributed by atoms with van der Waals surface area (Å²) in [6.07, 6.45) is 91.0. The molecule has 6 nitrogen and oxygen atoms in total. The van der Waals surface area contributed by atoms with E-state index in [1.165, 1.54) is 167 Å². The molecule has 0 saturated carbocycles. The second-order valence-electron chi connectivity index (χ2n) is 22.0. The molecule has 0 amide bonds. The third-order valence-electron chi connectivity index (χ3n) is 14.3. The van der Waals surface area contributed by atoms with Crippen molar-refractivity contribution < 1.29 is 28.6 Å². The molecule has 0 rings (SSSR count). The standard InChI is InChI=1S/C73H124O6/c1-4-7-10-13-16-19-22-25-28-31-33-34-35-36-37-38-39-40-41-43-45-48-51-54-57-60-63-66-72(75)78-69-70(68-77-71(74)65-62-59-56-53-50-47-44-30-27-24-21-18-15-12-9-6-3)79-73(76)67-64-61-58-55-52-49-46-42-32-29-26-23-20-17-14-11-8-5-2/h7,10,16,19,25,28-29,32-34,36-37,39-40,43,45,51,54,70H,4-6,8-9,11-15,17-18,20-24,26-27,30-31,35,38,41-42,44,46-50,52-53,55-69H2,1-3H3/b10-7-,19-16-,28-25-,32-29-,34-33-,37-36-,40-39-,45-43-,54-51-. The van der Waals surface area contributed by atoms with Crippen LogP contribution in [0.3, 0.4) is 0 Å². The van der Waals surface area contributed by atoms with Gasteiger partial charge in [-0.3, -0.25) is 14.4 Å². The molecule has 6 heteroatoms. The lowest BCUT2D eigenvalue weighted by Crippen LogP contribution is -2.30. The highest BCUT2D eigenvalue weighted by Gasteiger charge is 2.19. The van der Waals surface area contributed by atoms with E-state index in [0.717, 1.165) is 109 Å². The molecule has 0 heterocycles. The average molecular weight is 1100 g/mol. The maximum atomic E-state index is 12.9. The summed E-state index contributed by atoms with van der Waals surface area (Å²) in [5, 5.41) is 0. The van der Waals surface area contributed by atoms with E-state index in [9.17, 15) is 14.4 Å². The Hall–Kier alpha value is -3.93. The van der Waals surface area contributed by atoms with Gasteiger partial charge in [0.05, 0.1) is 0 Å². The minimum absolute atomic E-state index is 0.0916. The van der Waals surface area contributed by atoms with Gasteiger partial charge in [0.1, 0.15) is 13.2 Å². The van der Waals surface area contributed by atoms with Gasteiger partial charge in [0.15, 0.2) is 6.10 Å². The summed E-state index contributed by atoms with van der Waals surface area (Å²) in [6, 6.07) is 0. The molecular formula is C73H124O6. The SMILES string of the molecule is CC/C=C\C/C=C\C/C=C\C/C=C\C/C=C\C/C=C\C/C=C\C/C=C\CCCCC(=O)OCC(COC(=O)CCCCCCCCCCCCCCCCCC)OC(=O)CCCCCCCCC/C=C\CCCCCCCCC. The predicted octanol–water partition coefficient (Wildman–Crippen LogP) is 23.0. The van der Waals surface area contributed by atoms with E-state index in [2.05, 4.69) is 130 Å². The fourth-order valence-corrected chi connectivity index (χ4v) is 9.28. The van der Waals surface area contributed by atoms with Gasteiger partial charge < -0.3 is 14.2 Å². The Balaban J connectivity index is 4.44. The zero-order chi connectivity index (χ0) is 57.1. The second kappa shape index (κ2) is 66.6. The molecule has 0 aliphatic heterocycles. The summed E-state index contributed by atoms with van der Waals surface area (Å²) >= 11 is 0. The lowest BCUT2D eigenvalue weighted by atomic mass is 10.0. The van der Waals surface area contributed by atoms with E-state index in [0.29, 0.717) is 19.3 Å². The van der Waals surface area contributed by atoms with Crippen LogP contribution in [0.15, 0.2) is 109 Å². The van der Waals surface area contributed by atoms with E-state index in [4.69, 9.17) is 14.2 Å². The van der Waals surface area contributed by atoms with Crippen LogP contribution in [0.25, 0.3) is 0 Å². The molecule has 0 bridgehead atoms. The number of allylic oxidation sites excluding steroid dienone is 18. The van der Waals surface area contributed by atoms with Crippen LogP contribution in [-0.2, 0) is 28.6 Å². The van der Waals surface area contributed by atoms with Crippen molar-refractivity contribution in [3.05, 3.63) is 109 Å². The monoisotopic (exact) mass is 1100 g/mol. The summed E-state index contributed by atoms with van der Waals surface area (Å²) in [6.45, 7) is 6.52. The van der Waals surface area contributed by atoms with Crippen LogP contribution in [0.5, 0.6) is 0 Å². The Morgan fingerprint density at radius 1 is 0.266 bits per heavy atom. The Labute approximate surface area is 489 Å². The second-order valence-corrected chi connectivity index (χ2v) is 22.0. The van der Waals surface area contributed by atoms with Crippen molar-refractivity contribution >= 4 is 17.9 Å². The zero-order valence-electron chi connectivity index (χ0n) is 51.9. The predicted molar refractivity (Wildman–Crippen MR) is 343 cm³/mol. The molecule has 0 aliphatic carbocycles. The number of hydrogen-bond acceptors (Lipinski definition) is 6. The molecule has 1 unspecified atom stereocenters. The first-order valence-electron chi connectivity index (χ1n) is 33.4. The summed E-state index contributed by atoms with van der Waals surface area (Å²) in [4.78, 5) is 38.4. The topological polar surface area (TPSA) is 78.9 Å². The molecular weight excluding hydrogens is 973 g/mol. The van der Waals surface area contributed by atoms with E-state index in [-0.39, 0.29) is 31.1 Å². The number of rotatable bonds is 60. The lowest BCUT2D eigenvalue weighted by Gasteiger charge is -2.18. The summed E-state index contributed by atoms with van der Waals surface area (Å²) in [5.74, 6) is -0.930. The minimum Gasteiger partial charge on any atom is -0.462 e. The van der Waals surface area contributed by atoms with Gasteiger partial charge in [-0.05, 0) is 109 Å². The van der Waals surface area contributed by atoms with Crippen LogP contribution in [-0.4, -0.2) is 37.2 Å². The van der Waals surface area contributed by atoms with Crippen molar-refractivity contribution in [3.63, 3.8) is 0 Å². The summed E-state index contributed by atoms with van der Waals surface area (Å²) in [5.41, 5.74) is 0. The Morgan fingerprint density at radius 3 is 0.810 bits per heavy atom. The van der Waals surface area contributed by atoms with Crippen molar-refractivity contribution in [2.75, 3.05) is 13.2 Å². The Bertz CT molecular complexity index is 1590. The molecule has 0 saturated heterocycles. The summed E-state index contributed by atoms with van der Waals surface area (Å²) < 4.78 is 16.9. The molecule has 452 valence electrons. The molecule has 0 spiro atoms. The van der Waals surface area contributed by atoms with Crippen LogP contribution in [0.4, 0.5) is 0 Å².